The molecule has 2 aliphatic heterocycles. The Balaban J connectivity index is 1.44. The summed E-state index contributed by atoms with van der Waals surface area (Å²) in [6.07, 6.45) is 1.90. The SMILES string of the molecule is CC1Cc2ccccc2N1C(=O)C1CC1C(=O)N(C)C1CCS(=O)(=O)C1. The van der Waals surface area contributed by atoms with Crippen LogP contribution in [0.1, 0.15) is 25.3 Å². The van der Waals surface area contributed by atoms with Crippen LogP contribution >= 0.6 is 0 Å². The lowest BCUT2D eigenvalue weighted by molar-refractivity contribution is -0.134. The number of rotatable bonds is 3. The highest BCUT2D eigenvalue weighted by Crippen LogP contribution is 2.44. The highest BCUT2D eigenvalue weighted by Gasteiger charge is 2.53. The summed E-state index contributed by atoms with van der Waals surface area (Å²) in [5.41, 5.74) is 2.13. The normalized spacial score (nSPS) is 31.5. The summed E-state index contributed by atoms with van der Waals surface area (Å²) in [6.45, 7) is 2.03. The lowest BCUT2D eigenvalue weighted by Crippen LogP contribution is -2.41. The first kappa shape index (κ1) is 17.5. The second kappa shape index (κ2) is 6.08. The molecule has 1 aromatic carbocycles. The van der Waals surface area contributed by atoms with Crippen molar-refractivity contribution >= 4 is 27.3 Å². The Bertz CT molecular complexity index is 866. The van der Waals surface area contributed by atoms with Gasteiger partial charge in [-0.1, -0.05) is 18.2 Å². The molecule has 1 aliphatic carbocycles. The number of carbonyl (C=O) groups excluding carboxylic acids is 2. The van der Waals surface area contributed by atoms with Crippen LogP contribution in [0.4, 0.5) is 5.69 Å². The fourth-order valence-corrected chi connectivity index (χ4v) is 6.12. The molecule has 7 heteroatoms. The van der Waals surface area contributed by atoms with E-state index in [1.807, 2.05) is 36.1 Å². The van der Waals surface area contributed by atoms with E-state index in [9.17, 15) is 18.0 Å². The Morgan fingerprint density at radius 1 is 1.19 bits per heavy atom. The van der Waals surface area contributed by atoms with Crippen molar-refractivity contribution in [2.45, 2.75) is 38.3 Å². The maximum atomic E-state index is 13.0. The summed E-state index contributed by atoms with van der Waals surface area (Å²) in [5, 5.41) is 0. The van der Waals surface area contributed by atoms with Gasteiger partial charge in [0.05, 0.1) is 23.3 Å². The Labute approximate surface area is 154 Å². The molecule has 0 N–H and O–H groups in total. The van der Waals surface area contributed by atoms with Gasteiger partial charge in [-0.2, -0.15) is 0 Å². The number of sulfone groups is 1. The van der Waals surface area contributed by atoms with E-state index < -0.39 is 9.84 Å². The number of anilines is 1. The zero-order valence-electron chi connectivity index (χ0n) is 15.1. The average Bonchev–Trinajstić information content (AvgIpc) is 3.21. The fourth-order valence-electron chi connectivity index (χ4n) is 4.34. The number of benzene rings is 1. The third-order valence-corrected chi connectivity index (χ3v) is 7.72. The Morgan fingerprint density at radius 2 is 1.92 bits per heavy atom. The Morgan fingerprint density at radius 3 is 2.62 bits per heavy atom. The van der Waals surface area contributed by atoms with Crippen LogP contribution in [0.25, 0.3) is 0 Å². The molecule has 4 atom stereocenters. The average molecular weight is 376 g/mol. The van der Waals surface area contributed by atoms with E-state index in [2.05, 4.69) is 0 Å². The van der Waals surface area contributed by atoms with Crippen molar-refractivity contribution in [2.75, 3.05) is 23.5 Å². The summed E-state index contributed by atoms with van der Waals surface area (Å²) in [4.78, 5) is 29.1. The van der Waals surface area contributed by atoms with Crippen molar-refractivity contribution in [3.8, 4) is 0 Å². The van der Waals surface area contributed by atoms with Gasteiger partial charge in [0.1, 0.15) is 0 Å². The van der Waals surface area contributed by atoms with E-state index >= 15 is 0 Å². The quantitative estimate of drug-likeness (QED) is 0.796. The van der Waals surface area contributed by atoms with Crippen LogP contribution < -0.4 is 4.90 Å². The van der Waals surface area contributed by atoms with Crippen molar-refractivity contribution < 1.29 is 18.0 Å². The van der Waals surface area contributed by atoms with Gasteiger partial charge in [-0.05, 0) is 37.8 Å². The van der Waals surface area contributed by atoms with Gasteiger partial charge < -0.3 is 9.80 Å². The number of nitrogens with zero attached hydrogens (tertiary/aromatic N) is 2. The molecule has 0 radical (unpaired) electrons. The molecule has 0 bridgehead atoms. The van der Waals surface area contributed by atoms with E-state index in [0.717, 1.165) is 12.1 Å². The van der Waals surface area contributed by atoms with Gasteiger partial charge in [-0.25, -0.2) is 8.42 Å². The van der Waals surface area contributed by atoms with Crippen molar-refractivity contribution in [1.82, 2.24) is 4.90 Å². The molecule has 1 aromatic rings. The standard InChI is InChI=1S/C19H24N2O4S/c1-12-9-13-5-3-4-6-17(13)21(12)19(23)16-10-15(16)18(22)20(2)14-7-8-26(24,25)11-14/h3-6,12,14-16H,7-11H2,1-2H3. The minimum absolute atomic E-state index is 0.0215. The predicted octanol–water partition coefficient (Wildman–Crippen LogP) is 1.25. The molecule has 6 nitrogen and oxygen atoms in total. The molecule has 0 spiro atoms. The first-order chi connectivity index (χ1) is 12.3. The molecule has 3 aliphatic rings. The van der Waals surface area contributed by atoms with E-state index in [4.69, 9.17) is 0 Å². The van der Waals surface area contributed by atoms with E-state index in [1.165, 1.54) is 5.56 Å². The molecule has 2 fully saturated rings. The maximum Gasteiger partial charge on any atom is 0.231 e. The van der Waals surface area contributed by atoms with E-state index in [-0.39, 0.29) is 47.2 Å². The molecule has 1 saturated carbocycles. The molecule has 4 rings (SSSR count). The first-order valence-electron chi connectivity index (χ1n) is 9.16. The summed E-state index contributed by atoms with van der Waals surface area (Å²) in [7, 11) is -1.36. The Kier molecular flexibility index (Phi) is 4.10. The van der Waals surface area contributed by atoms with Crippen molar-refractivity contribution in [3.63, 3.8) is 0 Å². The Hall–Kier alpha value is -1.89. The smallest absolute Gasteiger partial charge is 0.231 e. The topological polar surface area (TPSA) is 74.8 Å². The van der Waals surface area contributed by atoms with Gasteiger partial charge in [0.25, 0.3) is 0 Å². The lowest BCUT2D eigenvalue weighted by Gasteiger charge is -2.25. The van der Waals surface area contributed by atoms with Gasteiger partial charge in [-0.15, -0.1) is 0 Å². The third kappa shape index (κ3) is 2.92. The van der Waals surface area contributed by atoms with Crippen LogP contribution in [0.3, 0.4) is 0 Å². The van der Waals surface area contributed by atoms with Crippen LogP contribution in [0.5, 0.6) is 0 Å². The lowest BCUT2D eigenvalue weighted by atomic mass is 10.1. The molecule has 2 amide bonds. The van der Waals surface area contributed by atoms with E-state index in [0.29, 0.717) is 12.8 Å². The summed E-state index contributed by atoms with van der Waals surface area (Å²) < 4.78 is 23.3. The van der Waals surface area contributed by atoms with Gasteiger partial charge >= 0.3 is 0 Å². The number of hydrogen-bond donors (Lipinski definition) is 0. The molecule has 1 saturated heterocycles. The minimum atomic E-state index is -3.03. The summed E-state index contributed by atoms with van der Waals surface area (Å²) in [6, 6.07) is 7.77. The van der Waals surface area contributed by atoms with Gasteiger partial charge in [0.15, 0.2) is 9.84 Å². The largest absolute Gasteiger partial charge is 0.341 e. The molecule has 140 valence electrons. The zero-order chi connectivity index (χ0) is 18.6. The van der Waals surface area contributed by atoms with Gasteiger partial charge in [-0.3, -0.25) is 9.59 Å². The van der Waals surface area contributed by atoms with Crippen LogP contribution in [0.15, 0.2) is 24.3 Å². The number of fused-ring (bicyclic) bond motifs is 1. The minimum Gasteiger partial charge on any atom is -0.341 e. The number of amides is 2. The molecule has 4 unspecified atom stereocenters. The fraction of sp³-hybridized carbons (Fsp3) is 0.579. The monoisotopic (exact) mass is 376 g/mol. The number of para-hydroxylation sites is 1. The molecule has 0 aromatic heterocycles. The highest BCUT2D eigenvalue weighted by molar-refractivity contribution is 7.91. The van der Waals surface area contributed by atoms with Crippen LogP contribution in [0.2, 0.25) is 0 Å². The summed E-state index contributed by atoms with van der Waals surface area (Å²) in [5.74, 6) is -0.479. The van der Waals surface area contributed by atoms with Crippen LogP contribution in [0, 0.1) is 11.8 Å². The van der Waals surface area contributed by atoms with Crippen LogP contribution in [-0.2, 0) is 25.8 Å². The highest BCUT2D eigenvalue weighted by atomic mass is 32.2. The first-order valence-corrected chi connectivity index (χ1v) is 11.0. The second-order valence-electron chi connectivity index (χ2n) is 7.84. The number of hydrogen-bond acceptors (Lipinski definition) is 4. The molecule has 26 heavy (non-hydrogen) atoms. The van der Waals surface area contributed by atoms with Crippen molar-refractivity contribution in [3.05, 3.63) is 29.8 Å². The van der Waals surface area contributed by atoms with Crippen LogP contribution in [-0.4, -0.2) is 55.8 Å². The number of carbonyl (C=O) groups is 2. The van der Waals surface area contributed by atoms with Gasteiger partial charge in [0, 0.05) is 24.8 Å². The predicted molar refractivity (Wildman–Crippen MR) is 98.5 cm³/mol. The van der Waals surface area contributed by atoms with Crippen molar-refractivity contribution in [1.29, 1.82) is 0 Å². The zero-order valence-corrected chi connectivity index (χ0v) is 15.9. The summed E-state index contributed by atoms with van der Waals surface area (Å²) >= 11 is 0. The van der Waals surface area contributed by atoms with Crippen molar-refractivity contribution in [2.24, 2.45) is 11.8 Å². The third-order valence-electron chi connectivity index (χ3n) is 5.97. The molecular formula is C19H24N2O4S. The molecular weight excluding hydrogens is 352 g/mol. The molecule has 2 heterocycles. The van der Waals surface area contributed by atoms with Gasteiger partial charge in [0.2, 0.25) is 11.8 Å². The van der Waals surface area contributed by atoms with E-state index in [1.54, 1.807) is 11.9 Å². The maximum absolute atomic E-state index is 13.0. The second-order valence-corrected chi connectivity index (χ2v) is 10.1.